The summed E-state index contributed by atoms with van der Waals surface area (Å²) < 4.78 is 0. The van der Waals surface area contributed by atoms with Crippen molar-refractivity contribution in [2.24, 2.45) is 0 Å². The van der Waals surface area contributed by atoms with Gasteiger partial charge in [-0.15, -0.1) is 11.6 Å². The van der Waals surface area contributed by atoms with Gasteiger partial charge in [0.25, 0.3) is 0 Å². The zero-order chi connectivity index (χ0) is 13.0. The van der Waals surface area contributed by atoms with E-state index in [1.165, 1.54) is 0 Å². The predicted molar refractivity (Wildman–Crippen MR) is 72.0 cm³/mol. The van der Waals surface area contributed by atoms with E-state index in [0.717, 1.165) is 18.5 Å². The number of rotatable bonds is 4. The Morgan fingerprint density at radius 2 is 2.11 bits per heavy atom. The van der Waals surface area contributed by atoms with Crippen molar-refractivity contribution in [3.05, 3.63) is 24.3 Å². The van der Waals surface area contributed by atoms with Crippen molar-refractivity contribution in [1.82, 2.24) is 0 Å². The van der Waals surface area contributed by atoms with E-state index in [4.69, 9.17) is 11.6 Å². The summed E-state index contributed by atoms with van der Waals surface area (Å²) in [7, 11) is 0. The molecule has 2 rings (SSSR count). The molecule has 4 nitrogen and oxygen atoms in total. The van der Waals surface area contributed by atoms with Gasteiger partial charge in [-0.3, -0.25) is 9.59 Å². The van der Waals surface area contributed by atoms with Gasteiger partial charge in [0, 0.05) is 12.3 Å². The van der Waals surface area contributed by atoms with Crippen LogP contribution in [0.4, 0.5) is 11.4 Å². The van der Waals surface area contributed by atoms with Gasteiger partial charge in [0.15, 0.2) is 0 Å². The monoisotopic (exact) mass is 266 g/mol. The first-order valence-corrected chi connectivity index (χ1v) is 6.51. The Balaban J connectivity index is 2.13. The van der Waals surface area contributed by atoms with E-state index in [1.54, 1.807) is 11.0 Å². The van der Waals surface area contributed by atoms with Crippen LogP contribution in [0.1, 0.15) is 19.3 Å². The highest BCUT2D eigenvalue weighted by molar-refractivity contribution is 6.17. The number of halogens is 1. The normalized spacial score (nSPS) is 14.1. The fraction of sp³-hybridized carbons (Fsp3) is 0.385. The second kappa shape index (κ2) is 5.87. The van der Waals surface area contributed by atoms with E-state index in [0.29, 0.717) is 18.0 Å². The number of para-hydroxylation sites is 2. The molecule has 96 valence electrons. The van der Waals surface area contributed by atoms with Crippen LogP contribution in [-0.2, 0) is 9.59 Å². The number of carbonyl (C=O) groups excluding carboxylic acids is 2. The maximum absolute atomic E-state index is 12.1. The minimum Gasteiger partial charge on any atom is -0.323 e. The molecule has 18 heavy (non-hydrogen) atoms. The first-order chi connectivity index (χ1) is 8.72. The van der Waals surface area contributed by atoms with E-state index in [9.17, 15) is 9.59 Å². The molecule has 0 radical (unpaired) electrons. The molecule has 2 amide bonds. The molecule has 1 heterocycles. The van der Waals surface area contributed by atoms with Crippen molar-refractivity contribution < 1.29 is 9.59 Å². The number of benzene rings is 1. The molecule has 1 N–H and O–H groups in total. The lowest BCUT2D eigenvalue weighted by Crippen LogP contribution is -2.42. The van der Waals surface area contributed by atoms with Crippen LogP contribution < -0.4 is 10.2 Å². The Morgan fingerprint density at radius 3 is 2.89 bits per heavy atom. The number of nitrogens with zero attached hydrogens (tertiary/aromatic N) is 1. The lowest BCUT2D eigenvalue weighted by Gasteiger charge is -2.29. The smallest absolute Gasteiger partial charge is 0.244 e. The highest BCUT2D eigenvalue weighted by atomic mass is 35.5. The van der Waals surface area contributed by atoms with Gasteiger partial charge >= 0.3 is 0 Å². The van der Waals surface area contributed by atoms with E-state index < -0.39 is 0 Å². The topological polar surface area (TPSA) is 49.4 Å². The maximum Gasteiger partial charge on any atom is 0.244 e. The molecule has 1 aromatic rings. The molecule has 0 saturated carbocycles. The summed E-state index contributed by atoms with van der Waals surface area (Å²) in [6, 6.07) is 7.33. The third-order valence-corrected chi connectivity index (χ3v) is 3.11. The van der Waals surface area contributed by atoms with Crippen molar-refractivity contribution >= 4 is 34.8 Å². The third-order valence-electron chi connectivity index (χ3n) is 2.85. The Hall–Kier alpha value is -1.55. The fourth-order valence-corrected chi connectivity index (χ4v) is 2.15. The van der Waals surface area contributed by atoms with Crippen molar-refractivity contribution in [3.63, 3.8) is 0 Å². The first-order valence-electron chi connectivity index (χ1n) is 5.97. The minimum atomic E-state index is -0.153. The standard InChI is InChI=1S/C13H15ClN2O2/c14-8-4-3-7-13(18)16-9-12(17)15-10-5-1-2-6-11(10)16/h1-2,5-6H,3-4,7-9H2,(H,15,17). The van der Waals surface area contributed by atoms with Gasteiger partial charge in [-0.1, -0.05) is 12.1 Å². The summed E-state index contributed by atoms with van der Waals surface area (Å²) in [4.78, 5) is 25.2. The molecule has 0 spiro atoms. The Bertz CT molecular complexity index is 462. The number of amides is 2. The molecule has 0 aliphatic carbocycles. The van der Waals surface area contributed by atoms with Crippen LogP contribution in [0.2, 0.25) is 0 Å². The fourth-order valence-electron chi connectivity index (χ4n) is 1.96. The van der Waals surface area contributed by atoms with Gasteiger partial charge in [0.2, 0.25) is 11.8 Å². The highest BCUT2D eigenvalue weighted by Crippen LogP contribution is 2.29. The van der Waals surface area contributed by atoms with E-state index in [-0.39, 0.29) is 18.4 Å². The third kappa shape index (κ3) is 2.82. The predicted octanol–water partition coefficient (Wildman–Crippen LogP) is 2.38. The summed E-state index contributed by atoms with van der Waals surface area (Å²) >= 11 is 5.59. The molecule has 0 unspecified atom stereocenters. The number of anilines is 2. The zero-order valence-electron chi connectivity index (χ0n) is 9.99. The largest absolute Gasteiger partial charge is 0.323 e. The van der Waals surface area contributed by atoms with E-state index in [1.807, 2.05) is 18.2 Å². The zero-order valence-corrected chi connectivity index (χ0v) is 10.7. The number of hydrogen-bond acceptors (Lipinski definition) is 2. The van der Waals surface area contributed by atoms with Gasteiger partial charge < -0.3 is 10.2 Å². The number of fused-ring (bicyclic) bond motifs is 1. The molecule has 0 atom stereocenters. The Morgan fingerprint density at radius 1 is 1.33 bits per heavy atom. The molecular formula is C13H15ClN2O2. The number of unbranched alkanes of at least 4 members (excludes halogenated alkanes) is 1. The SMILES string of the molecule is O=C1CN(C(=O)CCCCCl)c2ccccc2N1. The summed E-state index contributed by atoms with van der Waals surface area (Å²) in [5.74, 6) is 0.381. The number of nitrogens with one attached hydrogen (secondary N) is 1. The summed E-state index contributed by atoms with van der Waals surface area (Å²) in [6.07, 6.45) is 1.99. The van der Waals surface area contributed by atoms with E-state index in [2.05, 4.69) is 5.32 Å². The van der Waals surface area contributed by atoms with Gasteiger partial charge in [0.05, 0.1) is 11.4 Å². The summed E-state index contributed by atoms with van der Waals surface area (Å²) in [6.45, 7) is 0.0940. The molecular weight excluding hydrogens is 252 g/mol. The van der Waals surface area contributed by atoms with Gasteiger partial charge in [0.1, 0.15) is 6.54 Å². The second-order valence-corrected chi connectivity index (χ2v) is 4.57. The Labute approximate surface area is 111 Å². The van der Waals surface area contributed by atoms with Crippen LogP contribution in [0.5, 0.6) is 0 Å². The van der Waals surface area contributed by atoms with Crippen LogP contribution in [0.15, 0.2) is 24.3 Å². The van der Waals surface area contributed by atoms with Crippen molar-refractivity contribution in [3.8, 4) is 0 Å². The highest BCUT2D eigenvalue weighted by Gasteiger charge is 2.25. The second-order valence-electron chi connectivity index (χ2n) is 4.19. The van der Waals surface area contributed by atoms with Crippen molar-refractivity contribution in [1.29, 1.82) is 0 Å². The lowest BCUT2D eigenvalue weighted by molar-refractivity contribution is -0.122. The summed E-state index contributed by atoms with van der Waals surface area (Å²) in [5, 5.41) is 2.76. The van der Waals surface area contributed by atoms with Crippen LogP contribution in [-0.4, -0.2) is 24.2 Å². The number of alkyl halides is 1. The van der Waals surface area contributed by atoms with Crippen molar-refractivity contribution in [2.45, 2.75) is 19.3 Å². The van der Waals surface area contributed by atoms with Crippen LogP contribution in [0, 0.1) is 0 Å². The number of hydrogen-bond donors (Lipinski definition) is 1. The molecule has 1 aliphatic rings. The van der Waals surface area contributed by atoms with Crippen LogP contribution in [0.3, 0.4) is 0 Å². The van der Waals surface area contributed by atoms with Gasteiger partial charge in [-0.05, 0) is 25.0 Å². The lowest BCUT2D eigenvalue weighted by atomic mass is 10.1. The van der Waals surface area contributed by atoms with Crippen LogP contribution in [0.25, 0.3) is 0 Å². The number of carbonyl (C=O) groups is 2. The quantitative estimate of drug-likeness (QED) is 0.672. The first kappa shape index (κ1) is 12.9. The maximum atomic E-state index is 12.1. The molecule has 0 fully saturated rings. The molecule has 1 aliphatic heterocycles. The average molecular weight is 267 g/mol. The van der Waals surface area contributed by atoms with Crippen LogP contribution >= 0.6 is 11.6 Å². The van der Waals surface area contributed by atoms with Gasteiger partial charge in [-0.2, -0.15) is 0 Å². The average Bonchev–Trinajstić information content (AvgIpc) is 2.38. The van der Waals surface area contributed by atoms with E-state index >= 15 is 0 Å². The molecule has 0 bridgehead atoms. The van der Waals surface area contributed by atoms with Crippen molar-refractivity contribution in [2.75, 3.05) is 22.6 Å². The molecule has 0 aromatic heterocycles. The summed E-state index contributed by atoms with van der Waals surface area (Å²) in [5.41, 5.74) is 1.47. The molecule has 0 saturated heterocycles. The minimum absolute atomic E-state index is 0.0255. The van der Waals surface area contributed by atoms with Gasteiger partial charge in [-0.25, -0.2) is 0 Å². The molecule has 1 aromatic carbocycles. The molecule has 5 heteroatoms. The Kier molecular flexibility index (Phi) is 4.20.